The number of piperazine rings is 1. The molecule has 2 heterocycles. The van der Waals surface area contributed by atoms with Crippen molar-refractivity contribution in [1.82, 2.24) is 14.2 Å². The van der Waals surface area contributed by atoms with Crippen LogP contribution in [0.3, 0.4) is 0 Å². The molecule has 1 amide bonds. The van der Waals surface area contributed by atoms with Crippen molar-refractivity contribution in [2.45, 2.75) is 18.2 Å². The molecule has 2 aromatic carbocycles. The van der Waals surface area contributed by atoms with Gasteiger partial charge in [0.25, 0.3) is 0 Å². The lowest BCUT2D eigenvalue weighted by Crippen LogP contribution is -2.50. The highest BCUT2D eigenvalue weighted by molar-refractivity contribution is 7.89. The van der Waals surface area contributed by atoms with Crippen LogP contribution in [0.1, 0.15) is 11.3 Å². The van der Waals surface area contributed by atoms with E-state index in [9.17, 15) is 13.2 Å². The fraction of sp³-hybridized carbons (Fsp3) is 0.273. The van der Waals surface area contributed by atoms with Crippen LogP contribution in [0.25, 0.3) is 10.6 Å². The third kappa shape index (κ3) is 4.45. The van der Waals surface area contributed by atoms with Crippen LogP contribution in [0.5, 0.6) is 0 Å². The van der Waals surface area contributed by atoms with Crippen LogP contribution in [0.15, 0.2) is 64.9 Å². The van der Waals surface area contributed by atoms with Crippen molar-refractivity contribution in [2.24, 2.45) is 0 Å². The summed E-state index contributed by atoms with van der Waals surface area (Å²) in [5, 5.41) is 2.81. The fourth-order valence-electron chi connectivity index (χ4n) is 3.41. The third-order valence-corrected chi connectivity index (χ3v) is 8.01. The summed E-state index contributed by atoms with van der Waals surface area (Å²) >= 11 is 1.52. The summed E-state index contributed by atoms with van der Waals surface area (Å²) in [6.07, 6.45) is 0.230. The summed E-state index contributed by atoms with van der Waals surface area (Å²) in [5.74, 6) is -0.0210. The van der Waals surface area contributed by atoms with E-state index in [1.54, 1.807) is 29.2 Å². The van der Waals surface area contributed by atoms with E-state index in [4.69, 9.17) is 0 Å². The number of aryl methyl sites for hydroxylation is 1. The Morgan fingerprint density at radius 2 is 1.67 bits per heavy atom. The number of rotatable bonds is 5. The molecule has 30 heavy (non-hydrogen) atoms. The molecule has 0 spiro atoms. The van der Waals surface area contributed by atoms with Gasteiger partial charge in [-0.25, -0.2) is 13.4 Å². The fourth-order valence-corrected chi connectivity index (χ4v) is 5.65. The lowest BCUT2D eigenvalue weighted by molar-refractivity contribution is -0.131. The molecule has 0 bridgehead atoms. The molecule has 156 valence electrons. The topological polar surface area (TPSA) is 70.6 Å². The Labute approximate surface area is 180 Å². The molecule has 1 aliphatic rings. The van der Waals surface area contributed by atoms with Crippen LogP contribution < -0.4 is 0 Å². The average Bonchev–Trinajstić information content (AvgIpc) is 3.23. The van der Waals surface area contributed by atoms with Gasteiger partial charge in [0.2, 0.25) is 15.9 Å². The van der Waals surface area contributed by atoms with Gasteiger partial charge in [0, 0.05) is 37.1 Å². The first-order chi connectivity index (χ1) is 14.4. The number of sulfonamides is 1. The average molecular weight is 442 g/mol. The summed E-state index contributed by atoms with van der Waals surface area (Å²) in [4.78, 5) is 19.3. The Bertz CT molecular complexity index is 1120. The van der Waals surface area contributed by atoms with Gasteiger partial charge in [0.05, 0.1) is 17.0 Å². The zero-order valence-corrected chi connectivity index (χ0v) is 18.3. The number of hydrogen-bond acceptors (Lipinski definition) is 5. The molecule has 3 aromatic rings. The molecule has 1 aromatic heterocycles. The number of amides is 1. The lowest BCUT2D eigenvalue weighted by Gasteiger charge is -2.34. The molecule has 0 N–H and O–H groups in total. The summed E-state index contributed by atoms with van der Waals surface area (Å²) in [7, 11) is -3.53. The molecule has 1 fully saturated rings. The highest BCUT2D eigenvalue weighted by atomic mass is 32.2. The molecule has 0 atom stereocenters. The number of benzene rings is 2. The zero-order chi connectivity index (χ0) is 21.1. The Morgan fingerprint density at radius 3 is 2.33 bits per heavy atom. The van der Waals surface area contributed by atoms with Gasteiger partial charge >= 0.3 is 0 Å². The standard InChI is InChI=1S/C22H23N3O3S2/c1-17-7-9-20(10-8-17)30(27,28)25-13-11-24(12-14-25)21(26)15-19-16-29-22(23-19)18-5-3-2-4-6-18/h2-10,16H,11-15H2,1H3. The van der Waals surface area contributed by atoms with Crippen LogP contribution in [-0.2, 0) is 21.2 Å². The van der Waals surface area contributed by atoms with E-state index in [0.29, 0.717) is 31.1 Å². The van der Waals surface area contributed by atoms with E-state index in [1.807, 2.05) is 42.6 Å². The second kappa shape index (κ2) is 8.67. The van der Waals surface area contributed by atoms with Gasteiger partial charge in [-0.15, -0.1) is 11.3 Å². The maximum absolute atomic E-state index is 12.8. The first kappa shape index (κ1) is 20.7. The number of hydrogen-bond donors (Lipinski definition) is 0. The minimum Gasteiger partial charge on any atom is -0.340 e. The Balaban J connectivity index is 1.36. The number of carbonyl (C=O) groups excluding carboxylic acids is 1. The molecule has 6 nitrogen and oxygen atoms in total. The van der Waals surface area contributed by atoms with E-state index in [1.165, 1.54) is 15.6 Å². The molecule has 0 saturated carbocycles. The normalized spacial score (nSPS) is 15.3. The SMILES string of the molecule is Cc1ccc(S(=O)(=O)N2CCN(C(=O)Cc3csc(-c4ccccc4)n3)CC2)cc1. The predicted molar refractivity (Wildman–Crippen MR) is 118 cm³/mol. The maximum Gasteiger partial charge on any atom is 0.243 e. The van der Waals surface area contributed by atoms with Crippen LogP contribution >= 0.6 is 11.3 Å². The van der Waals surface area contributed by atoms with Crippen LogP contribution in [-0.4, -0.2) is 54.7 Å². The summed E-state index contributed by atoms with van der Waals surface area (Å²) in [6.45, 7) is 3.30. The van der Waals surface area contributed by atoms with E-state index in [-0.39, 0.29) is 12.3 Å². The third-order valence-electron chi connectivity index (χ3n) is 5.15. The van der Waals surface area contributed by atoms with E-state index >= 15 is 0 Å². The molecule has 0 radical (unpaired) electrons. The molecule has 1 aliphatic heterocycles. The van der Waals surface area contributed by atoms with E-state index < -0.39 is 10.0 Å². The highest BCUT2D eigenvalue weighted by Crippen LogP contribution is 2.24. The minimum atomic E-state index is -3.53. The zero-order valence-electron chi connectivity index (χ0n) is 16.7. The monoisotopic (exact) mass is 441 g/mol. The second-order valence-corrected chi connectivity index (χ2v) is 10.1. The first-order valence-electron chi connectivity index (χ1n) is 9.78. The molecule has 0 unspecified atom stereocenters. The lowest BCUT2D eigenvalue weighted by atomic mass is 10.2. The summed E-state index contributed by atoms with van der Waals surface area (Å²) < 4.78 is 27.1. The largest absolute Gasteiger partial charge is 0.340 e. The summed E-state index contributed by atoms with van der Waals surface area (Å²) in [5.41, 5.74) is 2.80. The number of thiazole rings is 1. The van der Waals surface area contributed by atoms with Crippen molar-refractivity contribution in [1.29, 1.82) is 0 Å². The van der Waals surface area contributed by atoms with Gasteiger partial charge in [-0.05, 0) is 19.1 Å². The van der Waals surface area contributed by atoms with Gasteiger partial charge < -0.3 is 4.90 Å². The van der Waals surface area contributed by atoms with Crippen LogP contribution in [0.4, 0.5) is 0 Å². The maximum atomic E-state index is 12.8. The van der Waals surface area contributed by atoms with Crippen molar-refractivity contribution < 1.29 is 13.2 Å². The van der Waals surface area contributed by atoms with Gasteiger partial charge in [0.1, 0.15) is 5.01 Å². The minimum absolute atomic E-state index is 0.0210. The molecule has 8 heteroatoms. The summed E-state index contributed by atoms with van der Waals surface area (Å²) in [6, 6.07) is 16.7. The molecular formula is C22H23N3O3S2. The van der Waals surface area contributed by atoms with Gasteiger partial charge in [-0.1, -0.05) is 48.0 Å². The number of nitrogens with zero attached hydrogens (tertiary/aromatic N) is 3. The van der Waals surface area contributed by atoms with Gasteiger partial charge in [-0.3, -0.25) is 4.79 Å². The smallest absolute Gasteiger partial charge is 0.243 e. The molecule has 1 saturated heterocycles. The van der Waals surface area contributed by atoms with Crippen LogP contribution in [0.2, 0.25) is 0 Å². The first-order valence-corrected chi connectivity index (χ1v) is 12.1. The van der Waals surface area contributed by atoms with Crippen molar-refractivity contribution >= 4 is 27.3 Å². The van der Waals surface area contributed by atoms with E-state index in [0.717, 1.165) is 21.8 Å². The van der Waals surface area contributed by atoms with Crippen molar-refractivity contribution in [2.75, 3.05) is 26.2 Å². The van der Waals surface area contributed by atoms with Crippen molar-refractivity contribution in [3.8, 4) is 10.6 Å². The number of carbonyl (C=O) groups is 1. The van der Waals surface area contributed by atoms with Gasteiger partial charge in [-0.2, -0.15) is 4.31 Å². The molecule has 0 aliphatic carbocycles. The number of aromatic nitrogens is 1. The van der Waals surface area contributed by atoms with E-state index in [2.05, 4.69) is 4.98 Å². The molecular weight excluding hydrogens is 418 g/mol. The second-order valence-electron chi connectivity index (χ2n) is 7.28. The Hall–Kier alpha value is -2.55. The Morgan fingerprint density at radius 1 is 1.00 bits per heavy atom. The highest BCUT2D eigenvalue weighted by Gasteiger charge is 2.30. The molecule has 4 rings (SSSR count). The quantitative estimate of drug-likeness (QED) is 0.610. The Kier molecular flexibility index (Phi) is 5.99. The predicted octanol–water partition coefficient (Wildman–Crippen LogP) is 3.19. The van der Waals surface area contributed by atoms with Crippen molar-refractivity contribution in [3.05, 3.63) is 71.2 Å². The van der Waals surface area contributed by atoms with Crippen molar-refractivity contribution in [3.63, 3.8) is 0 Å². The van der Waals surface area contributed by atoms with Gasteiger partial charge in [0.15, 0.2) is 0 Å². The van der Waals surface area contributed by atoms with Crippen LogP contribution in [0, 0.1) is 6.92 Å².